The Morgan fingerprint density at radius 2 is 2.11 bits per heavy atom. The fourth-order valence-corrected chi connectivity index (χ4v) is 2.95. The molecule has 0 bridgehead atoms. The molecule has 1 amide bonds. The van der Waals surface area contributed by atoms with Gasteiger partial charge in [0, 0.05) is 32.4 Å². The highest BCUT2D eigenvalue weighted by Gasteiger charge is 2.53. The number of aliphatic carboxylic acids is 1. The maximum atomic E-state index is 11.9. The third-order valence-corrected chi connectivity index (χ3v) is 4.00. The van der Waals surface area contributed by atoms with Crippen molar-refractivity contribution in [3.63, 3.8) is 0 Å². The lowest BCUT2D eigenvalue weighted by molar-refractivity contribution is -0.171. The second-order valence-electron chi connectivity index (χ2n) is 5.31. The minimum atomic E-state index is -1.05. The van der Waals surface area contributed by atoms with Crippen LogP contribution in [0.1, 0.15) is 46.0 Å². The van der Waals surface area contributed by atoms with E-state index in [1.54, 1.807) is 4.90 Å². The summed E-state index contributed by atoms with van der Waals surface area (Å²) in [5.41, 5.74) is -1.05. The van der Waals surface area contributed by atoms with E-state index in [0.717, 1.165) is 19.3 Å². The van der Waals surface area contributed by atoms with E-state index in [2.05, 4.69) is 0 Å². The molecule has 1 aliphatic carbocycles. The number of carboxylic acids is 1. The third kappa shape index (κ3) is 2.23. The first kappa shape index (κ1) is 13.3. The first-order valence-corrected chi connectivity index (χ1v) is 6.66. The van der Waals surface area contributed by atoms with Gasteiger partial charge in [-0.1, -0.05) is 6.92 Å². The Bertz CT molecular complexity index is 353. The van der Waals surface area contributed by atoms with E-state index >= 15 is 0 Å². The summed E-state index contributed by atoms with van der Waals surface area (Å²) >= 11 is 0. The molecule has 18 heavy (non-hydrogen) atoms. The highest BCUT2D eigenvalue weighted by atomic mass is 16.5. The van der Waals surface area contributed by atoms with Crippen LogP contribution < -0.4 is 0 Å². The maximum absolute atomic E-state index is 11.9. The van der Waals surface area contributed by atoms with Crippen molar-refractivity contribution < 1.29 is 19.4 Å². The fourth-order valence-electron chi connectivity index (χ4n) is 2.95. The number of amides is 1. The lowest BCUT2D eigenvalue weighted by atomic mass is 9.83. The third-order valence-electron chi connectivity index (χ3n) is 4.00. The van der Waals surface area contributed by atoms with Crippen LogP contribution in [0.5, 0.6) is 0 Å². The molecule has 1 aliphatic heterocycles. The van der Waals surface area contributed by atoms with Crippen LogP contribution >= 0.6 is 0 Å². The first-order valence-electron chi connectivity index (χ1n) is 6.66. The Morgan fingerprint density at radius 1 is 1.44 bits per heavy atom. The van der Waals surface area contributed by atoms with Crippen molar-refractivity contribution in [2.75, 3.05) is 6.61 Å². The van der Waals surface area contributed by atoms with Gasteiger partial charge in [-0.05, 0) is 19.3 Å². The molecule has 0 radical (unpaired) electrons. The van der Waals surface area contributed by atoms with Crippen LogP contribution in [-0.4, -0.2) is 46.2 Å². The Kier molecular flexibility index (Phi) is 3.61. The SMILES string of the molecule is CCC1CC(C(=O)O)(N(C(C)=O)C2CC2)CCO1. The van der Waals surface area contributed by atoms with Gasteiger partial charge >= 0.3 is 5.97 Å². The molecule has 0 aromatic carbocycles. The Balaban J connectivity index is 2.29. The predicted octanol–water partition coefficient (Wildman–Crippen LogP) is 1.41. The van der Waals surface area contributed by atoms with Crippen LogP contribution in [0.3, 0.4) is 0 Å². The smallest absolute Gasteiger partial charge is 0.329 e. The molecule has 1 N–H and O–H groups in total. The summed E-state index contributed by atoms with van der Waals surface area (Å²) in [6, 6.07) is 0.120. The number of hydrogen-bond donors (Lipinski definition) is 1. The molecule has 0 aromatic rings. The quantitative estimate of drug-likeness (QED) is 0.824. The van der Waals surface area contributed by atoms with Crippen LogP contribution in [0, 0.1) is 0 Å². The van der Waals surface area contributed by atoms with E-state index in [0.29, 0.717) is 19.4 Å². The number of carboxylic acid groups (broad SMARTS) is 1. The van der Waals surface area contributed by atoms with Gasteiger partial charge in [-0.15, -0.1) is 0 Å². The average Bonchev–Trinajstić information content (AvgIpc) is 3.13. The number of hydrogen-bond acceptors (Lipinski definition) is 3. The molecule has 2 aliphatic rings. The number of ether oxygens (including phenoxy) is 1. The van der Waals surface area contributed by atoms with E-state index in [4.69, 9.17) is 4.74 Å². The van der Waals surface area contributed by atoms with Crippen molar-refractivity contribution in [2.45, 2.75) is 63.6 Å². The predicted molar refractivity (Wildman–Crippen MR) is 65.2 cm³/mol. The van der Waals surface area contributed by atoms with E-state index in [9.17, 15) is 14.7 Å². The van der Waals surface area contributed by atoms with Gasteiger partial charge in [0.2, 0.25) is 5.91 Å². The minimum absolute atomic E-state index is 0.0598. The largest absolute Gasteiger partial charge is 0.479 e. The molecule has 2 rings (SSSR count). The molecule has 2 fully saturated rings. The lowest BCUT2D eigenvalue weighted by Gasteiger charge is -2.45. The zero-order chi connectivity index (χ0) is 13.3. The molecule has 1 heterocycles. The molecule has 102 valence electrons. The first-order chi connectivity index (χ1) is 8.51. The zero-order valence-corrected chi connectivity index (χ0v) is 11.0. The van der Waals surface area contributed by atoms with Gasteiger partial charge in [0.1, 0.15) is 5.54 Å². The van der Waals surface area contributed by atoms with Crippen LogP contribution in [-0.2, 0) is 14.3 Å². The van der Waals surface area contributed by atoms with Crippen molar-refractivity contribution in [3.8, 4) is 0 Å². The standard InChI is InChI=1S/C13H21NO4/c1-3-11-8-13(12(16)17,6-7-18-11)14(9(2)15)10-4-5-10/h10-11H,3-8H2,1-2H3,(H,16,17). The Hall–Kier alpha value is -1.10. The van der Waals surface area contributed by atoms with Gasteiger partial charge in [0.25, 0.3) is 0 Å². The van der Waals surface area contributed by atoms with E-state index in [-0.39, 0.29) is 18.1 Å². The highest BCUT2D eigenvalue weighted by molar-refractivity contribution is 5.86. The summed E-state index contributed by atoms with van der Waals surface area (Å²) in [5, 5.41) is 9.65. The van der Waals surface area contributed by atoms with Crippen molar-refractivity contribution in [1.82, 2.24) is 4.90 Å². The van der Waals surface area contributed by atoms with Gasteiger partial charge < -0.3 is 14.7 Å². The van der Waals surface area contributed by atoms with Crippen LogP contribution in [0.2, 0.25) is 0 Å². The second-order valence-corrected chi connectivity index (χ2v) is 5.31. The van der Waals surface area contributed by atoms with E-state index in [1.165, 1.54) is 6.92 Å². The zero-order valence-electron chi connectivity index (χ0n) is 11.0. The molecule has 2 unspecified atom stereocenters. The average molecular weight is 255 g/mol. The summed E-state index contributed by atoms with van der Waals surface area (Å²) in [4.78, 5) is 25.2. The highest BCUT2D eigenvalue weighted by Crippen LogP contribution is 2.40. The minimum Gasteiger partial charge on any atom is -0.479 e. The molecule has 0 aromatic heterocycles. The van der Waals surface area contributed by atoms with Gasteiger partial charge in [0.15, 0.2) is 0 Å². The molecular weight excluding hydrogens is 234 g/mol. The van der Waals surface area contributed by atoms with E-state index < -0.39 is 11.5 Å². The van der Waals surface area contributed by atoms with Crippen LogP contribution in [0.25, 0.3) is 0 Å². The number of rotatable bonds is 4. The number of carbonyl (C=O) groups is 2. The molecular formula is C13H21NO4. The molecule has 1 saturated heterocycles. The second kappa shape index (κ2) is 4.88. The molecule has 1 saturated carbocycles. The van der Waals surface area contributed by atoms with Gasteiger partial charge in [-0.2, -0.15) is 0 Å². The molecule has 5 heteroatoms. The van der Waals surface area contributed by atoms with Crippen molar-refractivity contribution in [2.24, 2.45) is 0 Å². The van der Waals surface area contributed by atoms with Crippen LogP contribution in [0.15, 0.2) is 0 Å². The number of nitrogens with zero attached hydrogens (tertiary/aromatic N) is 1. The van der Waals surface area contributed by atoms with Crippen LogP contribution in [0.4, 0.5) is 0 Å². The maximum Gasteiger partial charge on any atom is 0.329 e. The molecule has 2 atom stereocenters. The Labute approximate surface area is 107 Å². The summed E-state index contributed by atoms with van der Waals surface area (Å²) < 4.78 is 5.56. The summed E-state index contributed by atoms with van der Waals surface area (Å²) in [6.07, 6.45) is 3.38. The van der Waals surface area contributed by atoms with Gasteiger partial charge in [-0.3, -0.25) is 4.79 Å². The molecule has 0 spiro atoms. The van der Waals surface area contributed by atoms with Gasteiger partial charge in [-0.25, -0.2) is 4.79 Å². The Morgan fingerprint density at radius 3 is 2.56 bits per heavy atom. The van der Waals surface area contributed by atoms with Crippen molar-refractivity contribution in [3.05, 3.63) is 0 Å². The van der Waals surface area contributed by atoms with Gasteiger partial charge in [0.05, 0.1) is 6.10 Å². The van der Waals surface area contributed by atoms with E-state index in [1.807, 2.05) is 6.92 Å². The van der Waals surface area contributed by atoms with Crippen molar-refractivity contribution >= 4 is 11.9 Å². The topological polar surface area (TPSA) is 66.8 Å². The fraction of sp³-hybridized carbons (Fsp3) is 0.846. The summed E-state index contributed by atoms with van der Waals surface area (Å²) in [6.45, 7) is 3.87. The lowest BCUT2D eigenvalue weighted by Crippen LogP contribution is -2.61. The summed E-state index contributed by atoms with van der Waals surface area (Å²) in [7, 11) is 0. The normalized spacial score (nSPS) is 32.0. The monoisotopic (exact) mass is 255 g/mol. The molecule has 5 nitrogen and oxygen atoms in total. The number of carbonyl (C=O) groups excluding carboxylic acids is 1. The summed E-state index contributed by atoms with van der Waals surface area (Å²) in [5.74, 6) is -1.01. The van der Waals surface area contributed by atoms with Crippen molar-refractivity contribution in [1.29, 1.82) is 0 Å².